The number of fused-ring (bicyclic) bond motifs is 1. The van der Waals surface area contributed by atoms with E-state index in [9.17, 15) is 23.6 Å². The number of hydrogen-bond acceptors (Lipinski definition) is 5. The molecule has 0 atom stereocenters. The summed E-state index contributed by atoms with van der Waals surface area (Å²) in [5.74, 6) is -0.927. The minimum atomic E-state index is -0.329. The maximum absolute atomic E-state index is 13.2. The van der Waals surface area contributed by atoms with E-state index in [0.29, 0.717) is 64.5 Å². The van der Waals surface area contributed by atoms with Crippen molar-refractivity contribution in [3.63, 3.8) is 0 Å². The molecule has 0 unspecified atom stereocenters. The Hall–Kier alpha value is -3.76. The zero-order valence-electron chi connectivity index (χ0n) is 21.4. The molecule has 198 valence electrons. The minimum Gasteiger partial charge on any atom is -0.339 e. The van der Waals surface area contributed by atoms with Crippen LogP contribution in [0.3, 0.4) is 0 Å². The highest BCUT2D eigenvalue weighted by Crippen LogP contribution is 2.18. The van der Waals surface area contributed by atoms with Gasteiger partial charge in [-0.3, -0.25) is 23.9 Å². The third-order valence-electron chi connectivity index (χ3n) is 6.93. The third kappa shape index (κ3) is 6.15. The second-order valence-corrected chi connectivity index (χ2v) is 9.37. The molecule has 1 saturated heterocycles. The molecule has 37 heavy (non-hydrogen) atoms. The number of aryl methyl sites for hydroxylation is 1. The maximum Gasteiger partial charge on any atom is 0.274 e. The normalized spacial score (nSPS) is 15.9. The number of rotatable bonds is 7. The molecule has 0 bridgehead atoms. The maximum atomic E-state index is 13.2. The molecule has 10 nitrogen and oxygen atoms in total. The Bertz CT molecular complexity index is 1160. The van der Waals surface area contributed by atoms with E-state index in [1.54, 1.807) is 36.4 Å². The second-order valence-electron chi connectivity index (χ2n) is 9.37. The van der Waals surface area contributed by atoms with Crippen LogP contribution in [0.4, 0.5) is 4.39 Å². The van der Waals surface area contributed by atoms with Gasteiger partial charge in [0.05, 0.1) is 0 Å². The van der Waals surface area contributed by atoms with Crippen molar-refractivity contribution in [3.8, 4) is 0 Å². The van der Waals surface area contributed by atoms with Crippen molar-refractivity contribution in [2.45, 2.75) is 39.8 Å². The van der Waals surface area contributed by atoms with Crippen LogP contribution >= 0.6 is 0 Å². The Morgan fingerprint density at radius 2 is 1.68 bits per heavy atom. The van der Waals surface area contributed by atoms with Crippen LogP contribution in [0.5, 0.6) is 0 Å². The molecule has 4 rings (SSSR count). The molecule has 0 aliphatic carbocycles. The largest absolute Gasteiger partial charge is 0.339 e. The number of carbonyl (C=O) groups is 4. The summed E-state index contributed by atoms with van der Waals surface area (Å²) in [7, 11) is 0. The fourth-order valence-corrected chi connectivity index (χ4v) is 4.72. The fraction of sp³-hybridized carbons (Fsp3) is 0.500. The van der Waals surface area contributed by atoms with E-state index in [2.05, 4.69) is 5.10 Å². The van der Waals surface area contributed by atoms with Crippen molar-refractivity contribution in [2.24, 2.45) is 0 Å². The molecule has 2 aliphatic heterocycles. The summed E-state index contributed by atoms with van der Waals surface area (Å²) in [6, 6.07) is 7.58. The molecule has 4 amide bonds. The van der Waals surface area contributed by atoms with Crippen LogP contribution in [-0.4, -0.2) is 98.8 Å². The van der Waals surface area contributed by atoms with Crippen LogP contribution in [0.15, 0.2) is 30.3 Å². The van der Waals surface area contributed by atoms with Gasteiger partial charge in [0.15, 0.2) is 5.69 Å². The monoisotopic (exact) mass is 512 g/mol. The van der Waals surface area contributed by atoms with E-state index in [1.807, 2.05) is 6.92 Å². The SMILES string of the molecule is CCN(CCC(=O)N1CCN(C(C)=O)CC1)C(=O)c1cc2n(n1)CCCN(Cc1ccc(F)cc1)C2=O. The van der Waals surface area contributed by atoms with Crippen LogP contribution in [0, 0.1) is 5.82 Å². The van der Waals surface area contributed by atoms with Gasteiger partial charge in [-0.05, 0) is 31.0 Å². The lowest BCUT2D eigenvalue weighted by Gasteiger charge is -2.34. The Balaban J connectivity index is 1.38. The van der Waals surface area contributed by atoms with Crippen molar-refractivity contribution in [1.82, 2.24) is 29.4 Å². The van der Waals surface area contributed by atoms with Crippen LogP contribution in [0.1, 0.15) is 53.2 Å². The average molecular weight is 513 g/mol. The van der Waals surface area contributed by atoms with Crippen molar-refractivity contribution in [1.29, 1.82) is 0 Å². The summed E-state index contributed by atoms with van der Waals surface area (Å²) in [5, 5.41) is 4.42. The Kier molecular flexibility index (Phi) is 8.20. The first-order valence-electron chi connectivity index (χ1n) is 12.7. The number of piperazine rings is 1. The van der Waals surface area contributed by atoms with Crippen LogP contribution in [-0.2, 0) is 22.7 Å². The standard InChI is InChI=1S/C26H33FN6O4/c1-3-29(12-9-24(35)31-15-13-30(14-16-31)19(2)34)25(36)22-17-23-26(37)32(10-4-11-33(23)28-22)18-20-5-7-21(27)8-6-20/h5-8,17H,3-4,9-16,18H2,1-2H3. The molecule has 11 heteroatoms. The number of aromatic nitrogens is 2. The fourth-order valence-electron chi connectivity index (χ4n) is 4.72. The van der Waals surface area contributed by atoms with Crippen LogP contribution < -0.4 is 0 Å². The summed E-state index contributed by atoms with van der Waals surface area (Å²) in [4.78, 5) is 57.3. The molecule has 1 fully saturated rings. The van der Waals surface area contributed by atoms with Gasteiger partial charge in [-0.1, -0.05) is 12.1 Å². The molecule has 2 aromatic rings. The van der Waals surface area contributed by atoms with Gasteiger partial charge in [0, 0.05) is 78.3 Å². The lowest BCUT2D eigenvalue weighted by molar-refractivity contribution is -0.138. The Morgan fingerprint density at radius 1 is 1.00 bits per heavy atom. The highest BCUT2D eigenvalue weighted by atomic mass is 19.1. The smallest absolute Gasteiger partial charge is 0.274 e. The topological polar surface area (TPSA) is 99.1 Å². The van der Waals surface area contributed by atoms with E-state index < -0.39 is 0 Å². The summed E-state index contributed by atoms with van der Waals surface area (Å²) in [6.07, 6.45) is 0.857. The van der Waals surface area contributed by atoms with Crippen molar-refractivity contribution >= 4 is 23.6 Å². The lowest BCUT2D eigenvalue weighted by Crippen LogP contribution is -2.50. The highest BCUT2D eigenvalue weighted by Gasteiger charge is 2.28. The van der Waals surface area contributed by atoms with Crippen LogP contribution in [0.2, 0.25) is 0 Å². The number of hydrogen-bond donors (Lipinski definition) is 0. The second kappa shape index (κ2) is 11.5. The first kappa shape index (κ1) is 26.3. The first-order valence-corrected chi connectivity index (χ1v) is 12.7. The molecule has 0 N–H and O–H groups in total. The van der Waals surface area contributed by atoms with Crippen molar-refractivity contribution < 1.29 is 23.6 Å². The van der Waals surface area contributed by atoms with Gasteiger partial charge in [0.25, 0.3) is 11.8 Å². The summed E-state index contributed by atoms with van der Waals surface area (Å²) >= 11 is 0. The predicted molar refractivity (Wildman–Crippen MR) is 133 cm³/mol. The number of halogens is 1. The molecule has 0 spiro atoms. The quantitative estimate of drug-likeness (QED) is 0.561. The van der Waals surface area contributed by atoms with E-state index in [-0.39, 0.29) is 48.1 Å². The van der Waals surface area contributed by atoms with E-state index in [4.69, 9.17) is 0 Å². The van der Waals surface area contributed by atoms with E-state index in [1.165, 1.54) is 25.1 Å². The molecule has 1 aromatic heterocycles. The van der Waals surface area contributed by atoms with Gasteiger partial charge in [0.2, 0.25) is 11.8 Å². The molecule has 0 radical (unpaired) electrons. The highest BCUT2D eigenvalue weighted by molar-refractivity contribution is 5.98. The summed E-state index contributed by atoms with van der Waals surface area (Å²) < 4.78 is 14.8. The Morgan fingerprint density at radius 3 is 2.32 bits per heavy atom. The van der Waals surface area contributed by atoms with Crippen LogP contribution in [0.25, 0.3) is 0 Å². The van der Waals surface area contributed by atoms with Gasteiger partial charge in [0.1, 0.15) is 11.5 Å². The number of nitrogens with zero attached hydrogens (tertiary/aromatic N) is 6. The van der Waals surface area contributed by atoms with Gasteiger partial charge in [-0.15, -0.1) is 0 Å². The average Bonchev–Trinajstić information content (AvgIpc) is 3.27. The zero-order chi connectivity index (χ0) is 26.5. The molecule has 2 aliphatic rings. The molecular formula is C26H33FN6O4. The van der Waals surface area contributed by atoms with Gasteiger partial charge >= 0.3 is 0 Å². The number of amides is 4. The van der Waals surface area contributed by atoms with E-state index >= 15 is 0 Å². The van der Waals surface area contributed by atoms with E-state index in [0.717, 1.165) is 5.56 Å². The molecule has 3 heterocycles. The summed E-state index contributed by atoms with van der Waals surface area (Å²) in [6.45, 7) is 7.40. The Labute approximate surface area is 215 Å². The number of benzene rings is 1. The zero-order valence-corrected chi connectivity index (χ0v) is 21.4. The van der Waals surface area contributed by atoms with Gasteiger partial charge in [-0.2, -0.15) is 5.10 Å². The lowest BCUT2D eigenvalue weighted by atomic mass is 10.2. The third-order valence-corrected chi connectivity index (χ3v) is 6.93. The molecule has 1 aromatic carbocycles. The summed E-state index contributed by atoms with van der Waals surface area (Å²) in [5.41, 5.74) is 1.35. The van der Waals surface area contributed by atoms with Gasteiger partial charge < -0.3 is 19.6 Å². The number of carbonyl (C=O) groups excluding carboxylic acids is 4. The van der Waals surface area contributed by atoms with Gasteiger partial charge in [-0.25, -0.2) is 4.39 Å². The first-order chi connectivity index (χ1) is 17.8. The van der Waals surface area contributed by atoms with Crippen molar-refractivity contribution in [2.75, 3.05) is 45.8 Å². The van der Waals surface area contributed by atoms with Crippen molar-refractivity contribution in [3.05, 3.63) is 53.1 Å². The predicted octanol–water partition coefficient (Wildman–Crippen LogP) is 1.61. The molecular weight excluding hydrogens is 479 g/mol. The minimum absolute atomic E-state index is 0.00498. The molecule has 0 saturated carbocycles.